The Bertz CT molecular complexity index is 2420. The number of aromatic nitrogens is 3. The Balaban J connectivity index is 1.28. The summed E-state index contributed by atoms with van der Waals surface area (Å²) >= 11 is 0. The fraction of sp³-hybridized carbons (Fsp3) is 0. The summed E-state index contributed by atoms with van der Waals surface area (Å²) in [5, 5.41) is 4.92. The first-order valence-electron chi connectivity index (χ1n) is 15.9. The van der Waals surface area contributed by atoms with Gasteiger partial charge in [0.25, 0.3) is 0 Å². The highest BCUT2D eigenvalue weighted by Gasteiger charge is 2.17. The summed E-state index contributed by atoms with van der Waals surface area (Å²) in [6, 6.07) is 54.9. The van der Waals surface area contributed by atoms with Crippen LogP contribution in [-0.2, 0) is 0 Å². The molecule has 0 aliphatic heterocycles. The molecule has 9 aromatic rings. The molecule has 0 atom stereocenters. The highest BCUT2D eigenvalue weighted by molar-refractivity contribution is 6.12. The number of hydrogen-bond donors (Lipinski definition) is 0. The second kappa shape index (κ2) is 11.2. The minimum Gasteiger partial charge on any atom is -0.309 e. The van der Waals surface area contributed by atoms with Gasteiger partial charge in [0.2, 0.25) is 0 Å². The first-order chi connectivity index (χ1) is 23.3. The largest absolute Gasteiger partial charge is 0.309 e. The molecule has 220 valence electrons. The second-order valence-electron chi connectivity index (χ2n) is 11.9. The van der Waals surface area contributed by atoms with Crippen LogP contribution < -0.4 is 0 Å². The van der Waals surface area contributed by atoms with Crippen LogP contribution in [0.3, 0.4) is 0 Å². The minimum absolute atomic E-state index is 1.16. The van der Waals surface area contributed by atoms with Gasteiger partial charge in [-0.15, -0.1) is 0 Å². The molecule has 0 spiro atoms. The zero-order chi connectivity index (χ0) is 31.2. The van der Waals surface area contributed by atoms with Crippen LogP contribution in [0.5, 0.6) is 0 Å². The summed E-state index contributed by atoms with van der Waals surface area (Å²) in [7, 11) is 0. The Labute approximate surface area is 273 Å². The molecule has 6 aromatic carbocycles. The lowest BCUT2D eigenvalue weighted by Crippen LogP contribution is -1.96. The molecule has 3 aromatic heterocycles. The second-order valence-corrected chi connectivity index (χ2v) is 11.9. The Hall–Kier alpha value is -6.32. The Kier molecular flexibility index (Phi) is 6.46. The van der Waals surface area contributed by atoms with Crippen LogP contribution in [0.1, 0.15) is 0 Å². The van der Waals surface area contributed by atoms with E-state index in [-0.39, 0.29) is 0 Å². The van der Waals surface area contributed by atoms with Crippen LogP contribution in [-0.4, -0.2) is 14.5 Å². The van der Waals surface area contributed by atoms with E-state index in [1.165, 1.54) is 71.6 Å². The van der Waals surface area contributed by atoms with Crippen molar-refractivity contribution in [3.8, 4) is 50.2 Å². The molecular weight excluding hydrogens is 571 g/mol. The van der Waals surface area contributed by atoms with E-state index in [4.69, 9.17) is 0 Å². The molecule has 0 bridgehead atoms. The zero-order valence-corrected chi connectivity index (χ0v) is 25.6. The summed E-state index contributed by atoms with van der Waals surface area (Å²) in [5.41, 5.74) is 13.0. The van der Waals surface area contributed by atoms with Crippen molar-refractivity contribution in [2.45, 2.75) is 0 Å². The van der Waals surface area contributed by atoms with Crippen LogP contribution in [0.2, 0.25) is 0 Å². The summed E-state index contributed by atoms with van der Waals surface area (Å²) in [6.45, 7) is 0. The quantitative estimate of drug-likeness (QED) is 0.197. The first-order valence-corrected chi connectivity index (χ1v) is 15.9. The molecule has 0 N–H and O–H groups in total. The summed E-state index contributed by atoms with van der Waals surface area (Å²) in [5.74, 6) is 0. The SMILES string of the molecule is c1cc(-c2ccncc2)cc(-c2ccc3c4ccc(-c5cccc(-c6ccncc6)c5)cc4n(-c4cccc5ccccc45)c3c2)c1. The molecule has 47 heavy (non-hydrogen) atoms. The predicted octanol–water partition coefficient (Wildman–Crippen LogP) is 11.4. The number of fused-ring (bicyclic) bond motifs is 4. The molecule has 3 heterocycles. The number of benzene rings is 6. The molecule has 0 amide bonds. The smallest absolute Gasteiger partial charge is 0.0547 e. The van der Waals surface area contributed by atoms with Crippen molar-refractivity contribution in [1.82, 2.24) is 14.5 Å². The van der Waals surface area contributed by atoms with Gasteiger partial charge in [-0.1, -0.05) is 97.1 Å². The van der Waals surface area contributed by atoms with Gasteiger partial charge in [0.1, 0.15) is 0 Å². The minimum atomic E-state index is 1.16. The van der Waals surface area contributed by atoms with Gasteiger partial charge in [0, 0.05) is 40.9 Å². The van der Waals surface area contributed by atoms with E-state index < -0.39 is 0 Å². The Morgan fingerprint density at radius 3 is 1.32 bits per heavy atom. The highest BCUT2D eigenvalue weighted by Crippen LogP contribution is 2.39. The lowest BCUT2D eigenvalue weighted by Gasteiger charge is -2.13. The molecule has 0 aliphatic rings. The summed E-state index contributed by atoms with van der Waals surface area (Å²) in [4.78, 5) is 8.41. The fourth-order valence-electron chi connectivity index (χ4n) is 6.89. The van der Waals surface area contributed by atoms with E-state index in [0.29, 0.717) is 0 Å². The van der Waals surface area contributed by atoms with Crippen LogP contribution in [0.15, 0.2) is 176 Å². The van der Waals surface area contributed by atoms with Crippen LogP contribution >= 0.6 is 0 Å². The lowest BCUT2D eigenvalue weighted by atomic mass is 9.98. The first kappa shape index (κ1) is 27.0. The molecule has 3 heteroatoms. The molecule has 3 nitrogen and oxygen atoms in total. The fourth-order valence-corrected chi connectivity index (χ4v) is 6.89. The maximum atomic E-state index is 4.20. The number of hydrogen-bond acceptors (Lipinski definition) is 2. The normalized spacial score (nSPS) is 11.4. The Morgan fingerprint density at radius 2 is 0.766 bits per heavy atom. The van der Waals surface area contributed by atoms with E-state index in [1.54, 1.807) is 0 Å². The molecule has 0 fully saturated rings. The zero-order valence-electron chi connectivity index (χ0n) is 25.6. The van der Waals surface area contributed by atoms with E-state index in [1.807, 2.05) is 24.8 Å². The van der Waals surface area contributed by atoms with Crippen LogP contribution in [0.25, 0.3) is 82.8 Å². The standard InChI is InChI=1S/C44H29N3/c1-2-12-39-32(6-1)7-5-13-42(39)47-43-28-37(35-10-3-8-33(26-35)30-18-22-45-23-19-30)14-16-40(43)41-17-15-38(29-44(41)47)36-11-4-9-34(27-36)31-20-24-46-25-21-31/h1-29H. The van der Waals surface area contributed by atoms with Crippen molar-refractivity contribution in [2.75, 3.05) is 0 Å². The maximum absolute atomic E-state index is 4.20. The van der Waals surface area contributed by atoms with Crippen molar-refractivity contribution >= 4 is 32.6 Å². The monoisotopic (exact) mass is 599 g/mol. The number of pyridine rings is 2. The van der Waals surface area contributed by atoms with Gasteiger partial charge >= 0.3 is 0 Å². The van der Waals surface area contributed by atoms with E-state index >= 15 is 0 Å². The topological polar surface area (TPSA) is 30.7 Å². The Morgan fingerprint density at radius 1 is 0.319 bits per heavy atom. The lowest BCUT2D eigenvalue weighted by molar-refractivity contribution is 1.20. The highest BCUT2D eigenvalue weighted by atomic mass is 15.0. The van der Waals surface area contributed by atoms with Gasteiger partial charge in [0.15, 0.2) is 0 Å². The van der Waals surface area contributed by atoms with E-state index in [9.17, 15) is 0 Å². The van der Waals surface area contributed by atoms with Gasteiger partial charge in [-0.25, -0.2) is 0 Å². The van der Waals surface area contributed by atoms with Crippen molar-refractivity contribution in [1.29, 1.82) is 0 Å². The van der Waals surface area contributed by atoms with Crippen LogP contribution in [0.4, 0.5) is 0 Å². The summed E-state index contributed by atoms with van der Waals surface area (Å²) < 4.78 is 2.46. The van der Waals surface area contributed by atoms with Crippen molar-refractivity contribution in [2.24, 2.45) is 0 Å². The van der Waals surface area contributed by atoms with Crippen molar-refractivity contribution < 1.29 is 0 Å². The van der Waals surface area contributed by atoms with Crippen molar-refractivity contribution in [3.63, 3.8) is 0 Å². The third kappa shape index (κ3) is 4.77. The van der Waals surface area contributed by atoms with Gasteiger partial charge < -0.3 is 4.57 Å². The molecule has 0 radical (unpaired) electrons. The molecule has 0 saturated heterocycles. The summed E-state index contributed by atoms with van der Waals surface area (Å²) in [6.07, 6.45) is 7.39. The average Bonchev–Trinajstić information content (AvgIpc) is 3.48. The third-order valence-electron chi connectivity index (χ3n) is 9.19. The molecular formula is C44H29N3. The van der Waals surface area contributed by atoms with Gasteiger partial charge in [-0.3, -0.25) is 9.97 Å². The molecule has 0 aliphatic carbocycles. The maximum Gasteiger partial charge on any atom is 0.0547 e. The van der Waals surface area contributed by atoms with Gasteiger partial charge in [0.05, 0.1) is 16.7 Å². The number of nitrogens with zero attached hydrogens (tertiary/aromatic N) is 3. The molecule has 0 unspecified atom stereocenters. The molecule has 0 saturated carbocycles. The van der Waals surface area contributed by atoms with Gasteiger partial charge in [-0.05, 0) is 104 Å². The molecule has 9 rings (SSSR count). The number of rotatable bonds is 5. The average molecular weight is 600 g/mol. The predicted molar refractivity (Wildman–Crippen MR) is 196 cm³/mol. The van der Waals surface area contributed by atoms with E-state index in [0.717, 1.165) is 11.1 Å². The van der Waals surface area contributed by atoms with Crippen molar-refractivity contribution in [3.05, 3.63) is 176 Å². The van der Waals surface area contributed by atoms with Gasteiger partial charge in [-0.2, -0.15) is 0 Å². The van der Waals surface area contributed by atoms with Crippen LogP contribution in [0, 0.1) is 0 Å². The third-order valence-corrected chi connectivity index (χ3v) is 9.19. The van der Waals surface area contributed by atoms with E-state index in [2.05, 4.69) is 166 Å².